The van der Waals surface area contributed by atoms with Gasteiger partial charge in [-0.1, -0.05) is 118 Å². The Balaban J connectivity index is 1.60. The lowest BCUT2D eigenvalue weighted by Gasteiger charge is -2.50. The van der Waals surface area contributed by atoms with E-state index in [-0.39, 0.29) is 50.9 Å². The minimum absolute atomic E-state index is 0.0200. The maximum atomic E-state index is 14.3. The van der Waals surface area contributed by atoms with Crippen molar-refractivity contribution in [1.29, 1.82) is 0 Å². The predicted molar refractivity (Wildman–Crippen MR) is 246 cm³/mol. The van der Waals surface area contributed by atoms with Crippen molar-refractivity contribution in [2.24, 2.45) is 10.8 Å². The molecule has 3 N–H and O–H groups in total. The molecule has 60 heavy (non-hydrogen) atoms. The minimum atomic E-state index is -0.522. The smallest absolute Gasteiger partial charge is 0.412 e. The number of aryl methyl sites for hydroxylation is 2. The van der Waals surface area contributed by atoms with Gasteiger partial charge in [0, 0.05) is 71.0 Å². The monoisotopic (exact) mass is 829 g/mol. The average Bonchev–Trinajstić information content (AvgIpc) is 3.06. The average molecular weight is 829 g/mol. The number of hydrogen-bond donors (Lipinski definition) is 3. The molecule has 0 radical (unpaired) electrons. The molecule has 2 atom stereocenters. The normalized spacial score (nSPS) is 21.4. The summed E-state index contributed by atoms with van der Waals surface area (Å²) in [5.74, 6) is 0.505. The molecule has 0 spiro atoms. The number of ether oxygens (including phenoxy) is 2. The molecule has 1 saturated heterocycles. The zero-order chi connectivity index (χ0) is 45.2. The van der Waals surface area contributed by atoms with E-state index < -0.39 is 12.1 Å². The van der Waals surface area contributed by atoms with Crippen LogP contribution in [0.15, 0.2) is 36.9 Å². The van der Waals surface area contributed by atoms with E-state index in [9.17, 15) is 14.4 Å². The van der Waals surface area contributed by atoms with Gasteiger partial charge in [-0.2, -0.15) is 0 Å². The first kappa shape index (κ1) is 48.8. The molecule has 2 aliphatic rings. The van der Waals surface area contributed by atoms with E-state index in [1.807, 2.05) is 13.0 Å². The zero-order valence-corrected chi connectivity index (χ0v) is 40.3. The van der Waals surface area contributed by atoms with Gasteiger partial charge in [0.1, 0.15) is 11.5 Å². The third-order valence-corrected chi connectivity index (χ3v) is 12.2. The van der Waals surface area contributed by atoms with Crippen LogP contribution in [-0.4, -0.2) is 59.2 Å². The Bertz CT molecular complexity index is 1880. The topological polar surface area (TPSA) is 109 Å². The lowest BCUT2D eigenvalue weighted by molar-refractivity contribution is -0.129. The van der Waals surface area contributed by atoms with E-state index in [2.05, 4.69) is 149 Å². The molecule has 1 heterocycles. The second-order valence-electron chi connectivity index (χ2n) is 22.9. The third kappa shape index (κ3) is 13.1. The van der Waals surface area contributed by atoms with Crippen LogP contribution >= 0.6 is 0 Å². The molecule has 2 fully saturated rings. The van der Waals surface area contributed by atoms with Gasteiger partial charge in [-0.3, -0.25) is 0 Å². The fourth-order valence-corrected chi connectivity index (χ4v) is 10.5. The van der Waals surface area contributed by atoms with Crippen LogP contribution in [0.2, 0.25) is 0 Å². The van der Waals surface area contributed by atoms with Crippen LogP contribution in [0.1, 0.15) is 175 Å². The Morgan fingerprint density at radius 2 is 1.33 bits per heavy atom. The molecule has 2 aromatic carbocycles. The van der Waals surface area contributed by atoms with E-state index in [4.69, 9.17) is 9.47 Å². The predicted octanol–water partition coefficient (Wildman–Crippen LogP) is 11.4. The lowest BCUT2D eigenvalue weighted by atomic mass is 9.62. The molecule has 9 nitrogen and oxygen atoms in total. The van der Waals surface area contributed by atoms with Crippen LogP contribution in [0.25, 0.3) is 0 Å². The number of esters is 1. The summed E-state index contributed by atoms with van der Waals surface area (Å²) in [6, 6.07) is 8.39. The van der Waals surface area contributed by atoms with Crippen LogP contribution < -0.4 is 25.4 Å². The molecule has 0 bridgehead atoms. The molecule has 334 valence electrons. The van der Waals surface area contributed by atoms with Gasteiger partial charge in [0.05, 0.1) is 0 Å². The van der Waals surface area contributed by atoms with Gasteiger partial charge in [-0.05, 0) is 102 Å². The summed E-state index contributed by atoms with van der Waals surface area (Å²) in [4.78, 5) is 43.1. The molecule has 1 aliphatic heterocycles. The Kier molecular flexibility index (Phi) is 14.8. The number of piperidine rings is 1. The fraction of sp³-hybridized carbons (Fsp3) is 0.667. The standard InChI is InChI=1S/C51H80N4O5/c1-18-20-21-55(38-29-49(13,14)54-50(15,16)30-38)44(57)53-37-27-48(11,12)31-51(17,28-37)32-52-45(58)60-43-36(23-34(4)25-40(43)47(8,9)10)26-35-22-33(3)24-39(46(5,6)7)42(35)59-41(56)19-2/h19,22-25,37-38,54H,2,18,20-21,26-32H2,1,3-17H3,(H,52,58)(H,53,57). The number of hydrogen-bond acceptors (Lipinski definition) is 6. The molecule has 1 aliphatic carbocycles. The van der Waals surface area contributed by atoms with E-state index in [1.165, 1.54) is 6.08 Å². The van der Waals surface area contributed by atoms with E-state index in [0.717, 1.165) is 84.9 Å². The second kappa shape index (κ2) is 18.2. The third-order valence-electron chi connectivity index (χ3n) is 12.2. The summed E-state index contributed by atoms with van der Waals surface area (Å²) in [6.07, 6.45) is 7.34. The van der Waals surface area contributed by atoms with Crippen molar-refractivity contribution in [1.82, 2.24) is 20.9 Å². The number of carbonyl (C=O) groups is 3. The largest absolute Gasteiger partial charge is 0.423 e. The second-order valence-corrected chi connectivity index (χ2v) is 22.9. The van der Waals surface area contributed by atoms with Gasteiger partial charge in [-0.25, -0.2) is 14.4 Å². The minimum Gasteiger partial charge on any atom is -0.423 e. The highest BCUT2D eigenvalue weighted by Crippen LogP contribution is 2.46. The van der Waals surface area contributed by atoms with E-state index >= 15 is 0 Å². The van der Waals surface area contributed by atoms with Gasteiger partial charge in [0.25, 0.3) is 0 Å². The van der Waals surface area contributed by atoms with Gasteiger partial charge in [0.2, 0.25) is 0 Å². The summed E-state index contributed by atoms with van der Waals surface area (Å²) in [6.45, 7) is 39.4. The Morgan fingerprint density at radius 3 is 1.82 bits per heavy atom. The highest BCUT2D eigenvalue weighted by atomic mass is 16.6. The molecule has 1 saturated carbocycles. The molecule has 0 aromatic heterocycles. The summed E-state index contributed by atoms with van der Waals surface area (Å²) >= 11 is 0. The highest BCUT2D eigenvalue weighted by molar-refractivity contribution is 5.84. The first-order chi connectivity index (χ1) is 27.5. The highest BCUT2D eigenvalue weighted by Gasteiger charge is 2.45. The molecule has 2 unspecified atom stereocenters. The summed E-state index contributed by atoms with van der Waals surface area (Å²) < 4.78 is 12.4. The van der Waals surface area contributed by atoms with Crippen LogP contribution in [0.3, 0.4) is 0 Å². The number of amides is 3. The number of rotatable bonds is 12. The van der Waals surface area contributed by atoms with Crippen LogP contribution in [0, 0.1) is 24.7 Å². The Labute approximate surface area is 363 Å². The van der Waals surface area contributed by atoms with Crippen LogP contribution in [0.5, 0.6) is 11.5 Å². The zero-order valence-electron chi connectivity index (χ0n) is 40.3. The number of nitrogens with zero attached hydrogens (tertiary/aromatic N) is 1. The van der Waals surface area contributed by atoms with Crippen molar-refractivity contribution >= 4 is 18.1 Å². The van der Waals surface area contributed by atoms with Gasteiger partial charge in [0.15, 0.2) is 0 Å². The van der Waals surface area contributed by atoms with Crippen molar-refractivity contribution in [2.75, 3.05) is 13.1 Å². The van der Waals surface area contributed by atoms with Crippen molar-refractivity contribution in [2.45, 2.75) is 196 Å². The Morgan fingerprint density at radius 1 is 0.817 bits per heavy atom. The molecular weight excluding hydrogens is 749 g/mol. The van der Waals surface area contributed by atoms with Gasteiger partial charge < -0.3 is 30.3 Å². The Hall–Kier alpha value is -3.85. The maximum absolute atomic E-state index is 14.3. The van der Waals surface area contributed by atoms with Crippen molar-refractivity contribution in [3.63, 3.8) is 0 Å². The van der Waals surface area contributed by atoms with Crippen LogP contribution in [-0.2, 0) is 22.0 Å². The van der Waals surface area contributed by atoms with Crippen molar-refractivity contribution in [3.05, 3.63) is 70.3 Å². The first-order valence-corrected chi connectivity index (χ1v) is 22.4. The SMILES string of the molecule is C=CC(=O)Oc1c(Cc2cc(C)cc(C(C)(C)C)c2OC(=O)NCC2(C)CC(NC(=O)N(CCCC)C3CC(C)(C)NC(C)(C)C3)CC(C)(C)C2)cc(C)cc1C(C)(C)C. The lowest BCUT2D eigenvalue weighted by Crippen LogP contribution is -2.64. The molecule has 4 rings (SSSR count). The molecular formula is C51H80N4O5. The van der Waals surface area contributed by atoms with Crippen LogP contribution in [0.4, 0.5) is 9.59 Å². The summed E-state index contributed by atoms with van der Waals surface area (Å²) in [5, 5.41) is 10.4. The number of unbranched alkanes of at least 4 members (excludes halogenated alkanes) is 1. The molecule has 2 aromatic rings. The number of urea groups is 1. The first-order valence-electron chi connectivity index (χ1n) is 22.4. The maximum Gasteiger partial charge on any atom is 0.412 e. The van der Waals surface area contributed by atoms with E-state index in [1.54, 1.807) is 0 Å². The summed E-state index contributed by atoms with van der Waals surface area (Å²) in [5.41, 5.74) is 4.45. The number of benzene rings is 2. The van der Waals surface area contributed by atoms with Crippen molar-refractivity contribution < 1.29 is 23.9 Å². The van der Waals surface area contributed by atoms with Crippen molar-refractivity contribution in [3.8, 4) is 11.5 Å². The van der Waals surface area contributed by atoms with E-state index in [0.29, 0.717) is 24.5 Å². The number of nitrogens with one attached hydrogen (secondary N) is 3. The molecule has 9 heteroatoms. The summed E-state index contributed by atoms with van der Waals surface area (Å²) in [7, 11) is 0. The van der Waals surface area contributed by atoms with Gasteiger partial charge in [-0.15, -0.1) is 0 Å². The number of carbonyl (C=O) groups excluding carboxylic acids is 3. The quantitative estimate of drug-likeness (QED) is 0.112. The molecule has 3 amide bonds. The van der Waals surface area contributed by atoms with Gasteiger partial charge >= 0.3 is 18.1 Å². The fourth-order valence-electron chi connectivity index (χ4n) is 10.5.